The molecule has 3 aromatic rings. The van der Waals surface area contributed by atoms with Gasteiger partial charge in [-0.15, -0.1) is 0 Å². The molecule has 0 amide bonds. The highest BCUT2D eigenvalue weighted by Crippen LogP contribution is 2.30. The monoisotopic (exact) mass is 222 g/mol. The van der Waals surface area contributed by atoms with Crippen LogP contribution < -0.4 is 0 Å². The molecule has 0 spiro atoms. The van der Waals surface area contributed by atoms with Gasteiger partial charge < -0.3 is 4.42 Å². The quantitative estimate of drug-likeness (QED) is 0.615. The number of carbonyl (C=O) groups is 1. The van der Waals surface area contributed by atoms with E-state index in [0.29, 0.717) is 5.56 Å². The zero-order valence-corrected chi connectivity index (χ0v) is 9.09. The van der Waals surface area contributed by atoms with Crippen LogP contribution in [0.25, 0.3) is 22.1 Å². The van der Waals surface area contributed by atoms with E-state index in [1.807, 2.05) is 42.5 Å². The molecule has 3 rings (SSSR count). The largest absolute Gasteiger partial charge is 0.464 e. The second kappa shape index (κ2) is 3.91. The number of hydrogen-bond donors (Lipinski definition) is 0. The minimum absolute atomic E-state index is 0.674. The summed E-state index contributed by atoms with van der Waals surface area (Å²) in [6, 6.07) is 15.4. The molecule has 2 aromatic carbocycles. The molecule has 0 atom stereocenters. The molecular formula is C15H10O2. The minimum atomic E-state index is 0.674. The highest BCUT2D eigenvalue weighted by atomic mass is 16.3. The Morgan fingerprint density at radius 1 is 1.00 bits per heavy atom. The van der Waals surface area contributed by atoms with Gasteiger partial charge in [0.1, 0.15) is 11.9 Å². The Hall–Kier alpha value is -2.35. The van der Waals surface area contributed by atoms with E-state index in [4.69, 9.17) is 4.42 Å². The van der Waals surface area contributed by atoms with Gasteiger partial charge in [0.25, 0.3) is 0 Å². The summed E-state index contributed by atoms with van der Waals surface area (Å²) < 4.78 is 5.49. The number of para-hydroxylation sites is 1. The first kappa shape index (κ1) is 9.85. The van der Waals surface area contributed by atoms with E-state index in [1.165, 1.54) is 0 Å². The Balaban J connectivity index is 2.23. The standard InChI is InChI=1S/C15H10O2/c16-9-11-4-3-5-12(8-11)14-10-17-15-7-2-1-6-13(14)15/h1-10H. The number of fused-ring (bicyclic) bond motifs is 1. The molecule has 1 heterocycles. The number of hydrogen-bond acceptors (Lipinski definition) is 2. The fourth-order valence-electron chi connectivity index (χ4n) is 1.98. The predicted octanol–water partition coefficient (Wildman–Crippen LogP) is 3.91. The van der Waals surface area contributed by atoms with Crippen LogP contribution >= 0.6 is 0 Å². The third kappa shape index (κ3) is 1.64. The second-order valence-electron chi connectivity index (χ2n) is 3.89. The minimum Gasteiger partial charge on any atom is -0.464 e. The smallest absolute Gasteiger partial charge is 0.150 e. The molecular weight excluding hydrogens is 212 g/mol. The first-order chi connectivity index (χ1) is 8.38. The van der Waals surface area contributed by atoms with Crippen molar-refractivity contribution in [1.82, 2.24) is 0 Å². The van der Waals surface area contributed by atoms with Crippen molar-refractivity contribution >= 4 is 17.3 Å². The van der Waals surface area contributed by atoms with E-state index < -0.39 is 0 Å². The third-order valence-corrected chi connectivity index (χ3v) is 2.81. The number of carbonyl (C=O) groups excluding carboxylic acids is 1. The number of rotatable bonds is 2. The van der Waals surface area contributed by atoms with Gasteiger partial charge in [-0.2, -0.15) is 0 Å². The van der Waals surface area contributed by atoms with Crippen molar-refractivity contribution in [3.05, 3.63) is 60.4 Å². The number of aldehydes is 1. The van der Waals surface area contributed by atoms with E-state index in [9.17, 15) is 4.79 Å². The molecule has 0 aliphatic heterocycles. The average molecular weight is 222 g/mol. The summed E-state index contributed by atoms with van der Waals surface area (Å²) in [6.45, 7) is 0. The van der Waals surface area contributed by atoms with Gasteiger partial charge in [0, 0.05) is 16.5 Å². The fourth-order valence-corrected chi connectivity index (χ4v) is 1.98. The fraction of sp³-hybridized carbons (Fsp3) is 0. The average Bonchev–Trinajstić information content (AvgIpc) is 2.82. The van der Waals surface area contributed by atoms with Gasteiger partial charge in [0.05, 0.1) is 6.26 Å². The summed E-state index contributed by atoms with van der Waals surface area (Å²) in [5, 5.41) is 1.07. The molecule has 0 fully saturated rings. The molecule has 0 aliphatic carbocycles. The molecule has 0 unspecified atom stereocenters. The van der Waals surface area contributed by atoms with E-state index in [0.717, 1.165) is 28.4 Å². The van der Waals surface area contributed by atoms with Crippen LogP contribution in [-0.2, 0) is 0 Å². The van der Waals surface area contributed by atoms with Crippen molar-refractivity contribution in [1.29, 1.82) is 0 Å². The summed E-state index contributed by atoms with van der Waals surface area (Å²) in [4.78, 5) is 10.8. The molecule has 0 bridgehead atoms. The van der Waals surface area contributed by atoms with Crippen LogP contribution in [0.4, 0.5) is 0 Å². The summed E-state index contributed by atoms with van der Waals surface area (Å²) in [5.74, 6) is 0. The summed E-state index contributed by atoms with van der Waals surface area (Å²) in [5.41, 5.74) is 3.55. The van der Waals surface area contributed by atoms with Crippen LogP contribution in [0.5, 0.6) is 0 Å². The third-order valence-electron chi connectivity index (χ3n) is 2.81. The number of benzene rings is 2. The van der Waals surface area contributed by atoms with Crippen molar-refractivity contribution < 1.29 is 9.21 Å². The Morgan fingerprint density at radius 2 is 1.88 bits per heavy atom. The van der Waals surface area contributed by atoms with Crippen molar-refractivity contribution in [2.24, 2.45) is 0 Å². The van der Waals surface area contributed by atoms with Crippen molar-refractivity contribution in [2.75, 3.05) is 0 Å². The van der Waals surface area contributed by atoms with Crippen LogP contribution in [0.1, 0.15) is 10.4 Å². The van der Waals surface area contributed by atoms with Gasteiger partial charge in [-0.05, 0) is 17.7 Å². The SMILES string of the molecule is O=Cc1cccc(-c2coc3ccccc23)c1. The summed E-state index contributed by atoms with van der Waals surface area (Å²) in [7, 11) is 0. The lowest BCUT2D eigenvalue weighted by molar-refractivity contribution is 0.112. The van der Waals surface area contributed by atoms with E-state index >= 15 is 0 Å². The molecule has 1 aromatic heterocycles. The molecule has 0 saturated heterocycles. The highest BCUT2D eigenvalue weighted by molar-refractivity contribution is 5.94. The first-order valence-electron chi connectivity index (χ1n) is 5.40. The highest BCUT2D eigenvalue weighted by Gasteiger charge is 2.07. The molecule has 0 saturated carbocycles. The molecule has 82 valence electrons. The predicted molar refractivity (Wildman–Crippen MR) is 67.0 cm³/mol. The lowest BCUT2D eigenvalue weighted by Crippen LogP contribution is -1.81. The molecule has 2 heteroatoms. The van der Waals surface area contributed by atoms with E-state index in [1.54, 1.807) is 12.3 Å². The van der Waals surface area contributed by atoms with Crippen molar-refractivity contribution in [2.45, 2.75) is 0 Å². The van der Waals surface area contributed by atoms with Gasteiger partial charge in [0.15, 0.2) is 0 Å². The second-order valence-corrected chi connectivity index (χ2v) is 3.89. The van der Waals surface area contributed by atoms with Gasteiger partial charge in [-0.1, -0.05) is 36.4 Å². The van der Waals surface area contributed by atoms with Crippen molar-refractivity contribution in [3.8, 4) is 11.1 Å². The van der Waals surface area contributed by atoms with Crippen LogP contribution in [0.3, 0.4) is 0 Å². The van der Waals surface area contributed by atoms with Gasteiger partial charge in [-0.3, -0.25) is 4.79 Å². The zero-order valence-electron chi connectivity index (χ0n) is 9.09. The summed E-state index contributed by atoms with van der Waals surface area (Å²) in [6.07, 6.45) is 2.58. The Labute approximate surface area is 98.5 Å². The van der Waals surface area contributed by atoms with Crippen LogP contribution in [0.2, 0.25) is 0 Å². The first-order valence-corrected chi connectivity index (χ1v) is 5.40. The molecule has 2 nitrogen and oxygen atoms in total. The van der Waals surface area contributed by atoms with Crippen LogP contribution in [0, 0.1) is 0 Å². The molecule has 0 N–H and O–H groups in total. The lowest BCUT2D eigenvalue weighted by atomic mass is 10.0. The number of furan rings is 1. The van der Waals surface area contributed by atoms with Crippen molar-refractivity contribution in [3.63, 3.8) is 0 Å². The van der Waals surface area contributed by atoms with Crippen LogP contribution in [0.15, 0.2) is 59.2 Å². The normalized spacial score (nSPS) is 10.6. The van der Waals surface area contributed by atoms with Gasteiger partial charge in [-0.25, -0.2) is 0 Å². The van der Waals surface area contributed by atoms with E-state index in [-0.39, 0.29) is 0 Å². The Kier molecular flexibility index (Phi) is 2.26. The summed E-state index contributed by atoms with van der Waals surface area (Å²) >= 11 is 0. The maximum Gasteiger partial charge on any atom is 0.150 e. The molecule has 17 heavy (non-hydrogen) atoms. The van der Waals surface area contributed by atoms with Gasteiger partial charge in [0.2, 0.25) is 0 Å². The van der Waals surface area contributed by atoms with Crippen LogP contribution in [-0.4, -0.2) is 6.29 Å². The lowest BCUT2D eigenvalue weighted by Gasteiger charge is -1.99. The Morgan fingerprint density at radius 3 is 2.76 bits per heavy atom. The topological polar surface area (TPSA) is 30.2 Å². The maximum absolute atomic E-state index is 10.8. The molecule has 0 aliphatic rings. The maximum atomic E-state index is 10.8. The molecule has 0 radical (unpaired) electrons. The Bertz CT molecular complexity index is 680. The van der Waals surface area contributed by atoms with Gasteiger partial charge >= 0.3 is 0 Å². The zero-order chi connectivity index (χ0) is 11.7. The van der Waals surface area contributed by atoms with E-state index in [2.05, 4.69) is 0 Å².